The maximum absolute atomic E-state index is 13.3. The quantitative estimate of drug-likeness (QED) is 0.298. The van der Waals surface area contributed by atoms with Gasteiger partial charge in [-0.2, -0.15) is 4.31 Å². The van der Waals surface area contributed by atoms with Crippen molar-refractivity contribution in [3.8, 4) is 0 Å². The van der Waals surface area contributed by atoms with Crippen molar-refractivity contribution >= 4 is 22.1 Å². The van der Waals surface area contributed by atoms with Crippen molar-refractivity contribution in [2.45, 2.75) is 70.2 Å². The molecule has 0 saturated carbocycles. The lowest BCUT2D eigenvalue weighted by molar-refractivity contribution is 0.0157. The molecule has 1 atom stereocenters. The van der Waals surface area contributed by atoms with E-state index < -0.39 is 21.6 Å². The molecule has 0 bridgehead atoms. The lowest BCUT2D eigenvalue weighted by Crippen LogP contribution is -2.46. The normalized spacial score (nSPS) is 18.0. The first kappa shape index (κ1) is 30.8. The van der Waals surface area contributed by atoms with E-state index in [1.165, 1.54) is 6.26 Å². The third kappa shape index (κ3) is 7.11. The highest BCUT2D eigenvalue weighted by Gasteiger charge is 2.49. The molecule has 3 aromatic carbocycles. The van der Waals surface area contributed by atoms with Crippen LogP contribution in [0.25, 0.3) is 0 Å². The summed E-state index contributed by atoms with van der Waals surface area (Å²) in [6.45, 7) is 7.05. The fourth-order valence-corrected chi connectivity index (χ4v) is 7.26. The summed E-state index contributed by atoms with van der Waals surface area (Å²) in [5.74, 6) is -0.431. The summed E-state index contributed by atoms with van der Waals surface area (Å²) in [5.41, 5.74) is 3.48. The molecular formula is C34H40N2O6S. The minimum absolute atomic E-state index is 0.178. The second kappa shape index (κ2) is 12.1. The number of piperidine rings is 1. The number of carbonyl (C=O) groups excluding carboxylic acids is 2. The summed E-state index contributed by atoms with van der Waals surface area (Å²) in [5, 5.41) is 0. The van der Waals surface area contributed by atoms with Gasteiger partial charge >= 0.3 is 12.1 Å². The molecule has 0 radical (unpaired) electrons. The maximum atomic E-state index is 13.3. The molecule has 9 heteroatoms. The number of carbonyl (C=O) groups is 2. The van der Waals surface area contributed by atoms with Crippen LogP contribution >= 0.6 is 0 Å². The standard InChI is InChI=1S/C34H40N2O6S/c1-33(2,3)42-32(38)35-20-18-34(19-21-35)22-30(28-12-8-9-13-29(28)34)36(43(4,39)40)23-25-14-16-27(17-15-25)31(37)41-24-26-10-6-5-7-11-26/h5-17,30H,18-24H2,1-4H3. The van der Waals surface area contributed by atoms with Crippen LogP contribution in [-0.4, -0.2) is 54.6 Å². The second-order valence-corrected chi connectivity index (χ2v) is 14.6. The van der Waals surface area contributed by atoms with Gasteiger partial charge in [-0.3, -0.25) is 0 Å². The van der Waals surface area contributed by atoms with Gasteiger partial charge in [-0.15, -0.1) is 0 Å². The Morgan fingerprint density at radius 3 is 2.16 bits per heavy atom. The van der Waals surface area contributed by atoms with Gasteiger partial charge in [0.05, 0.1) is 17.9 Å². The van der Waals surface area contributed by atoms with E-state index in [1.54, 1.807) is 33.5 Å². The molecule has 1 aliphatic heterocycles. The summed E-state index contributed by atoms with van der Waals surface area (Å²) in [7, 11) is -3.60. The van der Waals surface area contributed by atoms with E-state index in [4.69, 9.17) is 9.47 Å². The number of hydrogen-bond acceptors (Lipinski definition) is 6. The van der Waals surface area contributed by atoms with E-state index in [0.29, 0.717) is 25.1 Å². The number of rotatable bonds is 7. The molecule has 8 nitrogen and oxygen atoms in total. The smallest absolute Gasteiger partial charge is 0.410 e. The summed E-state index contributed by atoms with van der Waals surface area (Å²) in [6, 6.07) is 24.2. The third-order valence-corrected chi connectivity index (χ3v) is 9.60. The van der Waals surface area contributed by atoms with Crippen LogP contribution in [0.3, 0.4) is 0 Å². The van der Waals surface area contributed by atoms with Crippen molar-refractivity contribution in [2.24, 2.45) is 0 Å². The Kier molecular flexibility index (Phi) is 8.68. The average Bonchev–Trinajstić information content (AvgIpc) is 3.27. The fourth-order valence-electron chi connectivity index (χ4n) is 6.23. The van der Waals surface area contributed by atoms with Crippen LogP contribution in [-0.2, 0) is 38.1 Å². The molecule has 0 aromatic heterocycles. The minimum Gasteiger partial charge on any atom is -0.457 e. The van der Waals surface area contributed by atoms with Gasteiger partial charge in [0.1, 0.15) is 12.2 Å². The molecule has 43 heavy (non-hydrogen) atoms. The zero-order valence-corrected chi connectivity index (χ0v) is 26.1. The van der Waals surface area contributed by atoms with E-state index >= 15 is 0 Å². The van der Waals surface area contributed by atoms with Gasteiger partial charge in [0.15, 0.2) is 0 Å². The van der Waals surface area contributed by atoms with Crippen LogP contribution in [0.5, 0.6) is 0 Å². The first-order valence-electron chi connectivity index (χ1n) is 14.7. The SMILES string of the molecule is CC(C)(C)OC(=O)N1CCC2(CC1)CC(N(Cc1ccc(C(=O)OCc3ccccc3)cc1)S(C)(=O)=O)c1ccccc12. The lowest BCUT2D eigenvalue weighted by atomic mass is 9.73. The van der Waals surface area contributed by atoms with Gasteiger partial charge < -0.3 is 14.4 Å². The molecule has 1 fully saturated rings. The first-order chi connectivity index (χ1) is 20.3. The summed E-state index contributed by atoms with van der Waals surface area (Å²) < 4.78 is 39.1. The first-order valence-corrected chi connectivity index (χ1v) is 16.5. The van der Waals surface area contributed by atoms with Gasteiger partial charge in [0, 0.05) is 25.0 Å². The van der Waals surface area contributed by atoms with E-state index in [-0.39, 0.29) is 30.7 Å². The van der Waals surface area contributed by atoms with Gasteiger partial charge in [0.25, 0.3) is 0 Å². The number of fused-ring (bicyclic) bond motifs is 2. The van der Waals surface area contributed by atoms with E-state index in [0.717, 1.165) is 35.1 Å². The van der Waals surface area contributed by atoms with Crippen molar-refractivity contribution < 1.29 is 27.5 Å². The van der Waals surface area contributed by atoms with Crippen molar-refractivity contribution in [3.05, 3.63) is 107 Å². The summed E-state index contributed by atoms with van der Waals surface area (Å²) >= 11 is 0. The lowest BCUT2D eigenvalue weighted by Gasteiger charge is -2.41. The summed E-state index contributed by atoms with van der Waals surface area (Å²) in [4.78, 5) is 27.1. The van der Waals surface area contributed by atoms with E-state index in [9.17, 15) is 18.0 Å². The monoisotopic (exact) mass is 604 g/mol. The Bertz CT molecular complexity index is 1560. The average molecular weight is 605 g/mol. The predicted octanol–water partition coefficient (Wildman–Crippen LogP) is 6.22. The highest BCUT2D eigenvalue weighted by atomic mass is 32.2. The van der Waals surface area contributed by atoms with E-state index in [2.05, 4.69) is 6.07 Å². The molecule has 1 heterocycles. The number of hydrogen-bond donors (Lipinski definition) is 0. The van der Waals surface area contributed by atoms with Gasteiger partial charge in [0.2, 0.25) is 10.0 Å². The fraction of sp³-hybridized carbons (Fsp3) is 0.412. The van der Waals surface area contributed by atoms with Crippen molar-refractivity contribution in [1.29, 1.82) is 0 Å². The molecule has 1 aliphatic carbocycles. The number of esters is 1. The third-order valence-electron chi connectivity index (χ3n) is 8.36. The van der Waals surface area contributed by atoms with Gasteiger partial charge in [-0.05, 0) is 74.4 Å². The molecule has 228 valence electrons. The van der Waals surface area contributed by atoms with Gasteiger partial charge in [-0.25, -0.2) is 18.0 Å². The van der Waals surface area contributed by atoms with Crippen LogP contribution in [0.4, 0.5) is 4.79 Å². The molecular weight excluding hydrogens is 564 g/mol. The van der Waals surface area contributed by atoms with Crippen LogP contribution in [0.1, 0.15) is 78.7 Å². The largest absolute Gasteiger partial charge is 0.457 e. The zero-order valence-electron chi connectivity index (χ0n) is 25.3. The van der Waals surface area contributed by atoms with Crippen LogP contribution in [0, 0.1) is 0 Å². The highest BCUT2D eigenvalue weighted by Crippen LogP contribution is 2.53. The molecule has 0 N–H and O–H groups in total. The molecule has 3 aromatic rings. The van der Waals surface area contributed by atoms with Crippen molar-refractivity contribution in [2.75, 3.05) is 19.3 Å². The number of likely N-dealkylation sites (tertiary alicyclic amines) is 1. The Morgan fingerprint density at radius 1 is 0.907 bits per heavy atom. The van der Waals surface area contributed by atoms with Crippen LogP contribution < -0.4 is 0 Å². The van der Waals surface area contributed by atoms with Crippen LogP contribution in [0.15, 0.2) is 78.9 Å². The Hall–Kier alpha value is -3.69. The Balaban J connectivity index is 1.31. The molecule has 5 rings (SSSR count). The number of sulfonamides is 1. The topological polar surface area (TPSA) is 93.2 Å². The summed E-state index contributed by atoms with van der Waals surface area (Å²) in [6.07, 6.45) is 3.05. The highest BCUT2D eigenvalue weighted by molar-refractivity contribution is 7.88. The number of amides is 1. The Labute approximate surface area is 254 Å². The van der Waals surface area contributed by atoms with E-state index in [1.807, 2.05) is 69.3 Å². The number of benzene rings is 3. The molecule has 1 saturated heterocycles. The van der Waals surface area contributed by atoms with Crippen molar-refractivity contribution in [1.82, 2.24) is 9.21 Å². The number of ether oxygens (including phenoxy) is 2. The van der Waals surface area contributed by atoms with Crippen LogP contribution in [0.2, 0.25) is 0 Å². The minimum atomic E-state index is -3.60. The number of nitrogens with zero attached hydrogens (tertiary/aromatic N) is 2. The maximum Gasteiger partial charge on any atom is 0.410 e. The Morgan fingerprint density at radius 2 is 1.53 bits per heavy atom. The zero-order chi connectivity index (χ0) is 30.8. The molecule has 1 amide bonds. The second-order valence-electron chi connectivity index (χ2n) is 12.6. The molecule has 1 spiro atoms. The van der Waals surface area contributed by atoms with Gasteiger partial charge in [-0.1, -0.05) is 66.7 Å². The molecule has 2 aliphatic rings. The predicted molar refractivity (Wildman–Crippen MR) is 165 cm³/mol. The van der Waals surface area contributed by atoms with Crippen molar-refractivity contribution in [3.63, 3.8) is 0 Å². The molecule has 1 unspecified atom stereocenters.